The highest BCUT2D eigenvalue weighted by Gasteiger charge is 2.07. The van der Waals surface area contributed by atoms with Crippen molar-refractivity contribution in [3.63, 3.8) is 0 Å². The minimum atomic E-state index is -0.217. The van der Waals surface area contributed by atoms with Crippen LogP contribution in [0.5, 0.6) is 0 Å². The predicted octanol–water partition coefficient (Wildman–Crippen LogP) is 3.99. The van der Waals surface area contributed by atoms with Gasteiger partial charge >= 0.3 is 0 Å². The second kappa shape index (κ2) is 9.92. The number of rotatable bonds is 6. The van der Waals surface area contributed by atoms with Crippen LogP contribution in [0.15, 0.2) is 53.7 Å². The molecule has 8 heteroatoms. The normalized spacial score (nSPS) is 11.6. The zero-order chi connectivity index (χ0) is 20.2. The lowest BCUT2D eigenvalue weighted by molar-refractivity contribution is 0.629. The topological polar surface area (TPSA) is 70.0 Å². The van der Waals surface area contributed by atoms with Gasteiger partial charge < -0.3 is 20.2 Å². The van der Waals surface area contributed by atoms with Gasteiger partial charge in [-0.2, -0.15) is 0 Å². The number of aryl methyl sites for hydroxylation is 1. The van der Waals surface area contributed by atoms with E-state index in [0.29, 0.717) is 6.54 Å². The van der Waals surface area contributed by atoms with Crippen LogP contribution in [0, 0.1) is 12.7 Å². The molecule has 0 fully saturated rings. The number of aromatic amines is 1. The van der Waals surface area contributed by atoms with Crippen LogP contribution in [0.3, 0.4) is 0 Å². The third-order valence-corrected chi connectivity index (χ3v) is 5.11. The van der Waals surface area contributed by atoms with Crippen molar-refractivity contribution in [2.45, 2.75) is 19.9 Å². The van der Waals surface area contributed by atoms with Crippen LogP contribution in [0.1, 0.15) is 11.4 Å². The Morgan fingerprint density at radius 3 is 2.80 bits per heavy atom. The standard InChI is InChI=1S/C22H25FN6.HI/c1-15-28-20-5-3-4-6-21(20)29(15)12-11-26-22(24-2)25-10-9-16-14-27-19-8-7-17(23)13-18(16)19;/h3-8,13-14,27H,9-12H2,1-2H3,(H2,24,25,26);1H. The van der Waals surface area contributed by atoms with Crippen molar-refractivity contribution in [3.05, 3.63) is 65.9 Å². The van der Waals surface area contributed by atoms with Crippen molar-refractivity contribution in [3.8, 4) is 0 Å². The molecule has 0 saturated carbocycles. The average Bonchev–Trinajstić information content (AvgIpc) is 3.27. The Balaban J connectivity index is 0.00000256. The van der Waals surface area contributed by atoms with Crippen LogP contribution in [-0.2, 0) is 13.0 Å². The summed E-state index contributed by atoms with van der Waals surface area (Å²) < 4.78 is 15.7. The number of hydrogen-bond donors (Lipinski definition) is 3. The maximum atomic E-state index is 13.5. The number of hydrogen-bond acceptors (Lipinski definition) is 2. The second-order valence-electron chi connectivity index (χ2n) is 6.98. The summed E-state index contributed by atoms with van der Waals surface area (Å²) in [6, 6.07) is 13.0. The summed E-state index contributed by atoms with van der Waals surface area (Å²) in [4.78, 5) is 12.1. The molecule has 0 unspecified atom stereocenters. The summed E-state index contributed by atoms with van der Waals surface area (Å²) in [5.74, 6) is 1.53. The van der Waals surface area contributed by atoms with E-state index in [1.165, 1.54) is 6.07 Å². The number of guanidine groups is 1. The van der Waals surface area contributed by atoms with Crippen LogP contribution in [0.2, 0.25) is 0 Å². The Bertz CT molecular complexity index is 1160. The lowest BCUT2D eigenvalue weighted by Crippen LogP contribution is -2.39. The number of fused-ring (bicyclic) bond motifs is 2. The zero-order valence-electron chi connectivity index (χ0n) is 17.1. The summed E-state index contributed by atoms with van der Waals surface area (Å²) in [7, 11) is 1.76. The van der Waals surface area contributed by atoms with Gasteiger partial charge in [0.1, 0.15) is 11.6 Å². The molecule has 0 aliphatic rings. The van der Waals surface area contributed by atoms with Crippen molar-refractivity contribution in [2.75, 3.05) is 20.1 Å². The predicted molar refractivity (Wildman–Crippen MR) is 131 cm³/mol. The first-order chi connectivity index (χ1) is 14.2. The highest BCUT2D eigenvalue weighted by atomic mass is 127. The van der Waals surface area contributed by atoms with Gasteiger partial charge in [0.25, 0.3) is 0 Å². The molecular weight excluding hydrogens is 494 g/mol. The Kier molecular flexibility index (Phi) is 7.30. The molecule has 0 amide bonds. The molecule has 0 radical (unpaired) electrons. The fourth-order valence-electron chi connectivity index (χ4n) is 3.66. The molecule has 0 spiro atoms. The van der Waals surface area contributed by atoms with E-state index in [1.54, 1.807) is 19.2 Å². The van der Waals surface area contributed by atoms with E-state index in [4.69, 9.17) is 0 Å². The van der Waals surface area contributed by atoms with E-state index in [2.05, 4.69) is 36.2 Å². The first kappa shape index (κ1) is 22.1. The number of halogens is 2. The number of imidazole rings is 1. The first-order valence-electron chi connectivity index (χ1n) is 9.77. The Morgan fingerprint density at radius 1 is 1.17 bits per heavy atom. The van der Waals surface area contributed by atoms with Gasteiger partial charge in [0.15, 0.2) is 5.96 Å². The Labute approximate surface area is 192 Å². The van der Waals surface area contributed by atoms with E-state index < -0.39 is 0 Å². The van der Waals surface area contributed by atoms with Crippen molar-refractivity contribution < 1.29 is 4.39 Å². The van der Waals surface area contributed by atoms with Crippen LogP contribution in [0.4, 0.5) is 4.39 Å². The maximum Gasteiger partial charge on any atom is 0.191 e. The van der Waals surface area contributed by atoms with E-state index in [1.807, 2.05) is 31.3 Å². The van der Waals surface area contributed by atoms with Crippen molar-refractivity contribution in [1.82, 2.24) is 25.2 Å². The fraction of sp³-hybridized carbons (Fsp3) is 0.273. The quantitative estimate of drug-likeness (QED) is 0.205. The molecule has 0 saturated heterocycles. The molecule has 0 atom stereocenters. The summed E-state index contributed by atoms with van der Waals surface area (Å²) in [5.41, 5.74) is 4.19. The van der Waals surface area contributed by atoms with Crippen molar-refractivity contribution >= 4 is 51.9 Å². The van der Waals surface area contributed by atoms with Crippen LogP contribution < -0.4 is 10.6 Å². The van der Waals surface area contributed by atoms with Crippen LogP contribution in [0.25, 0.3) is 21.9 Å². The highest BCUT2D eigenvalue weighted by Crippen LogP contribution is 2.19. The third kappa shape index (κ3) is 4.75. The fourth-order valence-corrected chi connectivity index (χ4v) is 3.66. The third-order valence-electron chi connectivity index (χ3n) is 5.11. The molecule has 2 aromatic carbocycles. The van der Waals surface area contributed by atoms with Gasteiger partial charge in [-0.15, -0.1) is 24.0 Å². The SMILES string of the molecule is CN=C(NCCc1c[nH]c2ccc(F)cc12)NCCn1c(C)nc2ccccc21.I. The number of aliphatic imine (C=N–C) groups is 1. The van der Waals surface area contributed by atoms with E-state index in [-0.39, 0.29) is 29.8 Å². The van der Waals surface area contributed by atoms with Crippen LogP contribution in [-0.4, -0.2) is 40.6 Å². The van der Waals surface area contributed by atoms with Gasteiger partial charge in [-0.05, 0) is 49.2 Å². The molecule has 158 valence electrons. The largest absolute Gasteiger partial charge is 0.361 e. The number of nitrogens with one attached hydrogen (secondary N) is 3. The lowest BCUT2D eigenvalue weighted by atomic mass is 10.1. The molecule has 30 heavy (non-hydrogen) atoms. The van der Waals surface area contributed by atoms with Crippen molar-refractivity contribution in [2.24, 2.45) is 4.99 Å². The summed E-state index contributed by atoms with van der Waals surface area (Å²) >= 11 is 0. The average molecular weight is 520 g/mol. The lowest BCUT2D eigenvalue weighted by Gasteiger charge is -2.13. The number of nitrogens with zero attached hydrogens (tertiary/aromatic N) is 3. The molecule has 2 aromatic heterocycles. The highest BCUT2D eigenvalue weighted by molar-refractivity contribution is 14.0. The Hall–Kier alpha value is -2.62. The number of para-hydroxylation sites is 2. The minimum Gasteiger partial charge on any atom is -0.361 e. The van der Waals surface area contributed by atoms with Crippen molar-refractivity contribution in [1.29, 1.82) is 0 Å². The summed E-state index contributed by atoms with van der Waals surface area (Å²) in [5, 5.41) is 7.60. The number of benzene rings is 2. The molecule has 0 bridgehead atoms. The molecule has 6 nitrogen and oxygen atoms in total. The molecule has 3 N–H and O–H groups in total. The molecule has 4 aromatic rings. The van der Waals surface area contributed by atoms with Gasteiger partial charge in [-0.25, -0.2) is 9.37 Å². The molecular formula is C22H26FIN6. The molecule has 0 aliphatic heterocycles. The second-order valence-corrected chi connectivity index (χ2v) is 6.98. The van der Waals surface area contributed by atoms with E-state index in [9.17, 15) is 4.39 Å². The number of aromatic nitrogens is 3. The van der Waals surface area contributed by atoms with Gasteiger partial charge in [0.05, 0.1) is 11.0 Å². The van der Waals surface area contributed by atoms with Gasteiger partial charge in [0.2, 0.25) is 0 Å². The van der Waals surface area contributed by atoms with Crippen LogP contribution >= 0.6 is 24.0 Å². The van der Waals surface area contributed by atoms with Gasteiger partial charge in [-0.3, -0.25) is 4.99 Å². The smallest absolute Gasteiger partial charge is 0.191 e. The first-order valence-corrected chi connectivity index (χ1v) is 9.77. The molecule has 2 heterocycles. The zero-order valence-corrected chi connectivity index (χ0v) is 19.4. The summed E-state index contributed by atoms with van der Waals surface area (Å²) in [6.45, 7) is 4.27. The monoisotopic (exact) mass is 520 g/mol. The molecule has 0 aliphatic carbocycles. The van der Waals surface area contributed by atoms with Gasteiger partial charge in [-0.1, -0.05) is 12.1 Å². The Morgan fingerprint density at radius 2 is 1.97 bits per heavy atom. The van der Waals surface area contributed by atoms with E-state index in [0.717, 1.165) is 58.8 Å². The van der Waals surface area contributed by atoms with E-state index >= 15 is 0 Å². The number of H-pyrrole nitrogens is 1. The maximum absolute atomic E-state index is 13.5. The summed E-state index contributed by atoms with van der Waals surface area (Å²) in [6.07, 6.45) is 2.71. The molecule has 4 rings (SSSR count). The van der Waals surface area contributed by atoms with Gasteiger partial charge in [0, 0.05) is 43.8 Å². The minimum absolute atomic E-state index is 0.